The Labute approximate surface area is 173 Å². The summed E-state index contributed by atoms with van der Waals surface area (Å²) < 4.78 is 1.97. The van der Waals surface area contributed by atoms with Crippen LogP contribution in [0.25, 0.3) is 43.7 Å². The molecule has 0 radical (unpaired) electrons. The van der Waals surface area contributed by atoms with Gasteiger partial charge in [0.15, 0.2) is 12.1 Å². The van der Waals surface area contributed by atoms with Gasteiger partial charge < -0.3 is 10.3 Å². The summed E-state index contributed by atoms with van der Waals surface area (Å²) in [5.41, 5.74) is 9.97. The Morgan fingerprint density at radius 3 is 2.69 bits per heavy atom. The number of nitrogens with zero attached hydrogens (tertiary/aromatic N) is 5. The molecule has 0 atom stereocenters. The number of fused-ring (bicyclic) bond motifs is 1. The van der Waals surface area contributed by atoms with Gasteiger partial charge in [-0.1, -0.05) is 41.7 Å². The Hall–Kier alpha value is -3.43. The third kappa shape index (κ3) is 2.82. The van der Waals surface area contributed by atoms with Crippen LogP contribution in [0.5, 0.6) is 0 Å². The van der Waals surface area contributed by atoms with Crippen molar-refractivity contribution in [3.63, 3.8) is 0 Å². The van der Waals surface area contributed by atoms with Gasteiger partial charge in [0.1, 0.15) is 33.2 Å². The van der Waals surface area contributed by atoms with Gasteiger partial charge in [-0.2, -0.15) is 0 Å². The second kappa shape index (κ2) is 6.87. The number of thiazole rings is 1. The lowest BCUT2D eigenvalue weighted by Crippen LogP contribution is -1.96. The molecule has 5 aromatic rings. The van der Waals surface area contributed by atoms with Gasteiger partial charge in [-0.15, -0.1) is 11.3 Å². The van der Waals surface area contributed by atoms with E-state index in [4.69, 9.17) is 15.7 Å². The molecule has 4 heterocycles. The van der Waals surface area contributed by atoms with Crippen molar-refractivity contribution in [2.24, 2.45) is 7.05 Å². The number of carbonyl (C=O) groups is 1. The number of hydrogen-bond acceptors (Lipinski definition) is 8. The van der Waals surface area contributed by atoms with Crippen molar-refractivity contribution in [1.29, 1.82) is 0 Å². The highest BCUT2D eigenvalue weighted by atomic mass is 32.1. The maximum atomic E-state index is 11.5. The monoisotopic (exact) mass is 418 g/mol. The van der Waals surface area contributed by atoms with Crippen LogP contribution in [0.1, 0.15) is 9.67 Å². The smallest absolute Gasteiger partial charge is 0.160 e. The number of anilines is 1. The van der Waals surface area contributed by atoms with Crippen LogP contribution in [0.15, 0.2) is 48.1 Å². The first-order chi connectivity index (χ1) is 14.2. The molecule has 0 unspecified atom stereocenters. The van der Waals surface area contributed by atoms with Crippen LogP contribution in [-0.4, -0.2) is 30.8 Å². The summed E-state index contributed by atoms with van der Waals surface area (Å²) >= 11 is 2.83. The maximum Gasteiger partial charge on any atom is 0.160 e. The molecule has 1 aromatic carbocycles. The van der Waals surface area contributed by atoms with Crippen LogP contribution >= 0.6 is 22.7 Å². The first kappa shape index (κ1) is 17.7. The van der Waals surface area contributed by atoms with E-state index in [9.17, 15) is 4.79 Å². The van der Waals surface area contributed by atoms with E-state index in [-0.39, 0.29) is 0 Å². The van der Waals surface area contributed by atoms with Crippen molar-refractivity contribution in [3.8, 4) is 33.3 Å². The molecule has 7 nitrogen and oxygen atoms in total. The minimum Gasteiger partial charge on any atom is -0.382 e. The van der Waals surface area contributed by atoms with Crippen LogP contribution in [0.2, 0.25) is 0 Å². The molecule has 0 aliphatic carbocycles. The Morgan fingerprint density at radius 1 is 1.10 bits per heavy atom. The zero-order chi connectivity index (χ0) is 20.0. The summed E-state index contributed by atoms with van der Waals surface area (Å²) in [6.07, 6.45) is 2.30. The number of rotatable bonds is 4. The molecule has 5 rings (SSSR count). The summed E-state index contributed by atoms with van der Waals surface area (Å²) in [7, 11) is 1.93. The average Bonchev–Trinajstić information content (AvgIpc) is 3.45. The molecule has 0 spiro atoms. The van der Waals surface area contributed by atoms with Crippen molar-refractivity contribution in [1.82, 2.24) is 24.5 Å². The maximum absolute atomic E-state index is 11.5. The summed E-state index contributed by atoms with van der Waals surface area (Å²) in [6, 6.07) is 11.8. The van der Waals surface area contributed by atoms with Gasteiger partial charge in [0.25, 0.3) is 0 Å². The number of nitrogens with two attached hydrogens (primary N) is 1. The lowest BCUT2D eigenvalue weighted by molar-refractivity contribution is 0.112. The largest absolute Gasteiger partial charge is 0.382 e. The molecule has 0 aliphatic heterocycles. The number of hydrogen-bond donors (Lipinski definition) is 1. The lowest BCUT2D eigenvalue weighted by Gasteiger charge is -2.04. The normalized spacial score (nSPS) is 11.2. The Kier molecular flexibility index (Phi) is 4.18. The van der Waals surface area contributed by atoms with Crippen LogP contribution in [-0.2, 0) is 7.05 Å². The van der Waals surface area contributed by atoms with Crippen LogP contribution in [0.3, 0.4) is 0 Å². The van der Waals surface area contributed by atoms with Crippen LogP contribution < -0.4 is 5.73 Å². The highest BCUT2D eigenvalue weighted by Crippen LogP contribution is 2.40. The van der Waals surface area contributed by atoms with Crippen molar-refractivity contribution in [2.45, 2.75) is 0 Å². The van der Waals surface area contributed by atoms with E-state index in [1.165, 1.54) is 29.0 Å². The fourth-order valence-corrected chi connectivity index (χ4v) is 4.94. The average molecular weight is 419 g/mol. The van der Waals surface area contributed by atoms with Gasteiger partial charge in [-0.05, 0) is 11.4 Å². The number of carbonyl (C=O) groups excluding carboxylic acids is 1. The SMILES string of the molecule is Cn1c(-c2ccsc2C=O)nc(-c2ccccc2)c1-c1nc2c(N)ncnc2s1. The summed E-state index contributed by atoms with van der Waals surface area (Å²) in [5, 5.41) is 2.64. The second-order valence-corrected chi connectivity index (χ2v) is 8.23. The molecular weight excluding hydrogens is 404 g/mol. The quantitative estimate of drug-likeness (QED) is 0.437. The first-order valence-corrected chi connectivity index (χ1v) is 10.4. The molecule has 2 N–H and O–H groups in total. The highest BCUT2D eigenvalue weighted by molar-refractivity contribution is 7.21. The first-order valence-electron chi connectivity index (χ1n) is 8.70. The predicted octanol–water partition coefficient (Wildman–Crippen LogP) is 4.28. The van der Waals surface area contributed by atoms with Crippen molar-refractivity contribution >= 4 is 45.1 Å². The number of thiophene rings is 1. The number of imidazole rings is 1. The third-order valence-electron chi connectivity index (χ3n) is 4.61. The minimum atomic E-state index is 0.349. The van der Waals surface area contributed by atoms with Gasteiger partial charge in [0, 0.05) is 18.2 Å². The molecule has 0 saturated heterocycles. The van der Waals surface area contributed by atoms with E-state index in [1.54, 1.807) is 0 Å². The number of benzene rings is 1. The van der Waals surface area contributed by atoms with Gasteiger partial charge >= 0.3 is 0 Å². The Morgan fingerprint density at radius 2 is 1.93 bits per heavy atom. The van der Waals surface area contributed by atoms with Gasteiger partial charge in [-0.3, -0.25) is 4.79 Å². The molecular formula is C20H14N6OS2. The zero-order valence-corrected chi connectivity index (χ0v) is 16.9. The molecule has 0 bridgehead atoms. The summed E-state index contributed by atoms with van der Waals surface area (Å²) in [6.45, 7) is 0. The Balaban J connectivity index is 1.81. The number of aromatic nitrogens is 5. The number of nitrogen functional groups attached to an aromatic ring is 1. The highest BCUT2D eigenvalue weighted by Gasteiger charge is 2.24. The molecule has 0 fully saturated rings. The van der Waals surface area contributed by atoms with Crippen LogP contribution in [0, 0.1) is 0 Å². The summed E-state index contributed by atoms with van der Waals surface area (Å²) in [4.78, 5) is 30.8. The lowest BCUT2D eigenvalue weighted by atomic mass is 10.1. The molecule has 0 aliphatic rings. The van der Waals surface area contributed by atoms with E-state index in [2.05, 4.69) is 9.97 Å². The van der Waals surface area contributed by atoms with E-state index in [0.29, 0.717) is 22.0 Å². The molecule has 0 saturated carbocycles. The van der Waals surface area contributed by atoms with Gasteiger partial charge in [-0.25, -0.2) is 19.9 Å². The van der Waals surface area contributed by atoms with Crippen molar-refractivity contribution < 1.29 is 4.79 Å². The molecule has 142 valence electrons. The zero-order valence-electron chi connectivity index (χ0n) is 15.2. The van der Waals surface area contributed by atoms with E-state index < -0.39 is 0 Å². The van der Waals surface area contributed by atoms with Crippen molar-refractivity contribution in [2.75, 3.05) is 5.73 Å². The molecule has 9 heteroatoms. The van der Waals surface area contributed by atoms with E-state index >= 15 is 0 Å². The Bertz CT molecular complexity index is 1350. The second-order valence-electron chi connectivity index (χ2n) is 6.31. The molecule has 4 aromatic heterocycles. The predicted molar refractivity (Wildman–Crippen MR) is 116 cm³/mol. The molecule has 29 heavy (non-hydrogen) atoms. The fourth-order valence-electron chi connectivity index (χ4n) is 3.25. The van der Waals surface area contributed by atoms with Gasteiger partial charge in [0.2, 0.25) is 0 Å². The minimum absolute atomic E-state index is 0.349. The summed E-state index contributed by atoms with van der Waals surface area (Å²) in [5.74, 6) is 1.06. The standard InChI is InChI=1S/C20H14N6OS2/c1-26-16(20-25-15-17(21)22-10-23-19(15)29-20)14(11-5-3-2-4-6-11)24-18(26)12-7-8-28-13(12)9-27/h2-10H,1H3,(H2,21,22,23). The fraction of sp³-hybridized carbons (Fsp3) is 0.0500. The van der Waals surface area contributed by atoms with Crippen molar-refractivity contribution in [3.05, 3.63) is 53.0 Å². The number of aldehydes is 1. The van der Waals surface area contributed by atoms with E-state index in [1.807, 2.05) is 53.4 Å². The van der Waals surface area contributed by atoms with Crippen LogP contribution in [0.4, 0.5) is 5.82 Å². The molecule has 0 amide bonds. The van der Waals surface area contributed by atoms with E-state index in [0.717, 1.165) is 38.6 Å². The van der Waals surface area contributed by atoms with Gasteiger partial charge in [0.05, 0.1) is 10.6 Å². The topological polar surface area (TPSA) is 99.6 Å². The third-order valence-corrected chi connectivity index (χ3v) is 6.42.